The molecule has 0 aliphatic heterocycles. The Labute approximate surface area is 145 Å². The number of hydrogen-bond acceptors (Lipinski definition) is 6. The van der Waals surface area contributed by atoms with Crippen LogP contribution in [0.15, 0.2) is 41.5 Å². The van der Waals surface area contributed by atoms with Gasteiger partial charge in [0.2, 0.25) is 0 Å². The lowest BCUT2D eigenvalue weighted by Gasteiger charge is -2.13. The molecule has 7 nitrogen and oxygen atoms in total. The van der Waals surface area contributed by atoms with Crippen molar-refractivity contribution in [1.82, 2.24) is 19.6 Å². The van der Waals surface area contributed by atoms with Crippen molar-refractivity contribution in [2.45, 2.75) is 20.0 Å². The summed E-state index contributed by atoms with van der Waals surface area (Å²) in [4.78, 5) is 22.3. The second-order valence-electron chi connectivity index (χ2n) is 6.28. The molecule has 0 aliphatic rings. The third-order valence-corrected chi connectivity index (χ3v) is 3.94. The number of hydrogen-bond donors (Lipinski definition) is 2. The van der Waals surface area contributed by atoms with Crippen LogP contribution in [0.1, 0.15) is 16.8 Å². The van der Waals surface area contributed by atoms with Gasteiger partial charge in [-0.2, -0.15) is 0 Å². The summed E-state index contributed by atoms with van der Waals surface area (Å²) in [5.41, 5.74) is 3.30. The first kappa shape index (κ1) is 16.9. The Morgan fingerprint density at radius 2 is 1.96 bits per heavy atom. The normalized spacial score (nSPS) is 11.2. The first-order valence-corrected chi connectivity index (χ1v) is 7.98. The zero-order valence-electron chi connectivity index (χ0n) is 14.5. The van der Waals surface area contributed by atoms with E-state index in [1.165, 1.54) is 18.0 Å². The molecular formula is C18H21N5O2. The molecule has 0 spiro atoms. The number of nitrogens with zero attached hydrogens (tertiary/aromatic N) is 4. The van der Waals surface area contributed by atoms with Gasteiger partial charge in [0.25, 0.3) is 5.56 Å². The number of nitrogens with one attached hydrogen (secondary N) is 1. The first-order chi connectivity index (χ1) is 12.0. The standard InChI is InChI=1S/C18H21N5O2/c1-12-17-15(8-16(24)23(25)18(17)21-11-20-12)19-9-13-5-4-6-14(7-13)10-22(2)3/h4-8,11,19,25H,9-10H2,1-3H3. The van der Waals surface area contributed by atoms with Gasteiger partial charge in [-0.05, 0) is 32.1 Å². The van der Waals surface area contributed by atoms with Crippen LogP contribution >= 0.6 is 0 Å². The van der Waals surface area contributed by atoms with E-state index in [1.54, 1.807) is 0 Å². The summed E-state index contributed by atoms with van der Waals surface area (Å²) < 4.78 is 0.549. The topological polar surface area (TPSA) is 83.3 Å². The SMILES string of the molecule is Cc1ncnc2c1c(NCc1cccc(CN(C)C)c1)cc(=O)n2O. The van der Waals surface area contributed by atoms with E-state index in [4.69, 9.17) is 0 Å². The number of anilines is 1. The maximum Gasteiger partial charge on any atom is 0.286 e. The zero-order valence-corrected chi connectivity index (χ0v) is 14.5. The summed E-state index contributed by atoms with van der Waals surface area (Å²) in [7, 11) is 4.06. The number of fused-ring (bicyclic) bond motifs is 1. The Hall–Kier alpha value is -2.93. The van der Waals surface area contributed by atoms with Crippen LogP contribution in [0.25, 0.3) is 11.0 Å². The molecule has 2 aromatic heterocycles. The molecule has 2 heterocycles. The molecule has 0 saturated carbocycles. The highest BCUT2D eigenvalue weighted by Crippen LogP contribution is 2.22. The Balaban J connectivity index is 1.92. The Kier molecular flexibility index (Phi) is 4.67. The van der Waals surface area contributed by atoms with Crippen molar-refractivity contribution in [3.8, 4) is 0 Å². The molecule has 3 aromatic rings. The van der Waals surface area contributed by atoms with Crippen LogP contribution in [0.2, 0.25) is 0 Å². The molecule has 3 rings (SSSR count). The van der Waals surface area contributed by atoms with Gasteiger partial charge in [0.1, 0.15) is 6.33 Å². The molecule has 1 aromatic carbocycles. The van der Waals surface area contributed by atoms with Crippen molar-refractivity contribution in [3.63, 3.8) is 0 Å². The average molecular weight is 339 g/mol. The maximum absolute atomic E-state index is 12.0. The molecule has 0 aliphatic carbocycles. The highest BCUT2D eigenvalue weighted by Gasteiger charge is 2.12. The van der Waals surface area contributed by atoms with E-state index in [2.05, 4.69) is 32.3 Å². The smallest absolute Gasteiger partial charge is 0.286 e. The van der Waals surface area contributed by atoms with Gasteiger partial charge >= 0.3 is 0 Å². The van der Waals surface area contributed by atoms with Gasteiger partial charge in [-0.3, -0.25) is 4.79 Å². The zero-order chi connectivity index (χ0) is 18.0. The second-order valence-corrected chi connectivity index (χ2v) is 6.28. The molecule has 0 bridgehead atoms. The van der Waals surface area contributed by atoms with E-state index in [1.807, 2.05) is 33.2 Å². The third kappa shape index (κ3) is 3.61. The lowest BCUT2D eigenvalue weighted by atomic mass is 10.1. The lowest BCUT2D eigenvalue weighted by molar-refractivity contribution is 0.186. The molecule has 7 heteroatoms. The summed E-state index contributed by atoms with van der Waals surface area (Å²) in [6.07, 6.45) is 1.33. The monoisotopic (exact) mass is 339 g/mol. The van der Waals surface area contributed by atoms with E-state index in [0.29, 0.717) is 28.0 Å². The molecule has 2 N–H and O–H groups in total. The highest BCUT2D eigenvalue weighted by molar-refractivity contribution is 5.90. The summed E-state index contributed by atoms with van der Waals surface area (Å²) in [5.74, 6) is 0. The molecule has 0 amide bonds. The molecule has 0 saturated heterocycles. The minimum absolute atomic E-state index is 0.198. The quantitative estimate of drug-likeness (QED) is 0.692. The molecule has 0 atom stereocenters. The van der Waals surface area contributed by atoms with Crippen LogP contribution < -0.4 is 10.9 Å². The minimum atomic E-state index is -0.533. The van der Waals surface area contributed by atoms with Crippen molar-refractivity contribution in [2.75, 3.05) is 19.4 Å². The fourth-order valence-electron chi connectivity index (χ4n) is 2.84. The number of benzene rings is 1. The number of rotatable bonds is 5. The van der Waals surface area contributed by atoms with Crippen LogP contribution in [0.3, 0.4) is 0 Å². The predicted octanol–water partition coefficient (Wildman–Crippen LogP) is 2.01. The van der Waals surface area contributed by atoms with Gasteiger partial charge < -0.3 is 15.4 Å². The van der Waals surface area contributed by atoms with Crippen molar-refractivity contribution >= 4 is 16.7 Å². The minimum Gasteiger partial charge on any atom is -0.423 e. The maximum atomic E-state index is 12.0. The van der Waals surface area contributed by atoms with Crippen molar-refractivity contribution in [3.05, 3.63) is 63.8 Å². The van der Waals surface area contributed by atoms with Crippen LogP contribution in [0.5, 0.6) is 0 Å². The second kappa shape index (κ2) is 6.90. The van der Waals surface area contributed by atoms with Crippen molar-refractivity contribution < 1.29 is 5.21 Å². The van der Waals surface area contributed by atoms with Gasteiger partial charge in [-0.25, -0.2) is 9.97 Å². The summed E-state index contributed by atoms with van der Waals surface area (Å²) in [6, 6.07) is 9.64. The number of aryl methyl sites for hydroxylation is 1. The molecule has 0 unspecified atom stereocenters. The highest BCUT2D eigenvalue weighted by atomic mass is 16.5. The van der Waals surface area contributed by atoms with Gasteiger partial charge in [0.05, 0.1) is 16.8 Å². The fourth-order valence-corrected chi connectivity index (χ4v) is 2.84. The number of pyridine rings is 1. The van der Waals surface area contributed by atoms with E-state index >= 15 is 0 Å². The van der Waals surface area contributed by atoms with E-state index in [-0.39, 0.29) is 5.65 Å². The number of aromatic nitrogens is 3. The van der Waals surface area contributed by atoms with Crippen molar-refractivity contribution in [1.29, 1.82) is 0 Å². The largest absolute Gasteiger partial charge is 0.423 e. The Morgan fingerprint density at radius 1 is 1.20 bits per heavy atom. The summed E-state index contributed by atoms with van der Waals surface area (Å²) in [6.45, 7) is 3.24. The van der Waals surface area contributed by atoms with Crippen LogP contribution in [-0.2, 0) is 13.1 Å². The van der Waals surface area contributed by atoms with E-state index < -0.39 is 5.56 Å². The molecule has 25 heavy (non-hydrogen) atoms. The van der Waals surface area contributed by atoms with Crippen LogP contribution in [-0.4, -0.2) is 38.9 Å². The van der Waals surface area contributed by atoms with E-state index in [9.17, 15) is 10.0 Å². The molecule has 0 radical (unpaired) electrons. The predicted molar refractivity (Wildman–Crippen MR) is 96.9 cm³/mol. The Bertz CT molecular complexity index is 965. The van der Waals surface area contributed by atoms with Crippen LogP contribution in [0, 0.1) is 6.92 Å². The van der Waals surface area contributed by atoms with Crippen LogP contribution in [0.4, 0.5) is 5.69 Å². The van der Waals surface area contributed by atoms with Crippen molar-refractivity contribution in [2.24, 2.45) is 0 Å². The van der Waals surface area contributed by atoms with Gasteiger partial charge in [0.15, 0.2) is 5.65 Å². The van der Waals surface area contributed by atoms with Gasteiger partial charge in [-0.15, -0.1) is 4.73 Å². The molecular weight excluding hydrogens is 318 g/mol. The molecule has 130 valence electrons. The Morgan fingerprint density at radius 3 is 2.72 bits per heavy atom. The first-order valence-electron chi connectivity index (χ1n) is 7.98. The van der Waals surface area contributed by atoms with Gasteiger partial charge in [-0.1, -0.05) is 24.3 Å². The third-order valence-electron chi connectivity index (χ3n) is 3.94. The molecule has 0 fully saturated rings. The fraction of sp³-hybridized carbons (Fsp3) is 0.278. The summed E-state index contributed by atoms with van der Waals surface area (Å²) >= 11 is 0. The summed E-state index contributed by atoms with van der Waals surface area (Å²) in [5, 5.41) is 13.8. The average Bonchev–Trinajstić information content (AvgIpc) is 2.57. The van der Waals surface area contributed by atoms with Gasteiger partial charge in [0, 0.05) is 19.2 Å². The lowest BCUT2D eigenvalue weighted by Crippen LogP contribution is -2.20. The van der Waals surface area contributed by atoms with E-state index in [0.717, 1.165) is 12.1 Å².